The van der Waals surface area contributed by atoms with E-state index in [9.17, 15) is 4.79 Å². The van der Waals surface area contributed by atoms with E-state index >= 15 is 0 Å². The monoisotopic (exact) mass is 464 g/mol. The summed E-state index contributed by atoms with van der Waals surface area (Å²) in [5.41, 5.74) is 3.93. The van der Waals surface area contributed by atoms with Crippen LogP contribution in [-0.4, -0.2) is 43.0 Å². The second kappa shape index (κ2) is 8.52. The molecular formula is C22H17ClN6O2S. The predicted octanol–water partition coefficient (Wildman–Crippen LogP) is 4.44. The largest absolute Gasteiger partial charge is 0.497 e. The van der Waals surface area contributed by atoms with Crippen molar-refractivity contribution in [3.8, 4) is 17.0 Å². The lowest BCUT2D eigenvalue weighted by Crippen LogP contribution is -2.14. The van der Waals surface area contributed by atoms with Gasteiger partial charge in [-0.25, -0.2) is 4.52 Å². The molecular weight excluding hydrogens is 448 g/mol. The Labute approximate surface area is 192 Å². The molecule has 0 unspecified atom stereocenters. The van der Waals surface area contributed by atoms with Gasteiger partial charge in [-0.3, -0.25) is 9.20 Å². The van der Waals surface area contributed by atoms with Gasteiger partial charge in [0.25, 0.3) is 0 Å². The Bertz CT molecular complexity index is 1430. The Balaban J connectivity index is 1.35. The number of hydrogen-bond donors (Lipinski definition) is 1. The van der Waals surface area contributed by atoms with Crippen LogP contribution in [0.25, 0.3) is 22.4 Å². The SMILES string of the molecule is COc1cccc(NC(=O)CSc2nnc3c4cc(-c5ccc(Cl)cc5)nn4ccn23)c1. The normalized spacial score (nSPS) is 11.2. The number of nitrogens with zero attached hydrogens (tertiary/aromatic N) is 5. The fourth-order valence-corrected chi connectivity index (χ4v) is 4.12. The van der Waals surface area contributed by atoms with Crippen LogP contribution in [0.1, 0.15) is 0 Å². The lowest BCUT2D eigenvalue weighted by Gasteiger charge is -2.06. The Hall–Kier alpha value is -3.56. The van der Waals surface area contributed by atoms with Gasteiger partial charge in [-0.1, -0.05) is 41.6 Å². The van der Waals surface area contributed by atoms with Gasteiger partial charge in [0, 0.05) is 34.7 Å². The zero-order valence-electron chi connectivity index (χ0n) is 16.9. The Kier molecular flexibility index (Phi) is 5.42. The molecule has 3 aromatic heterocycles. The number of methoxy groups -OCH3 is 1. The lowest BCUT2D eigenvalue weighted by molar-refractivity contribution is -0.113. The van der Waals surface area contributed by atoms with E-state index in [4.69, 9.17) is 16.3 Å². The average Bonchev–Trinajstić information content (AvgIpc) is 3.42. The number of hydrogen-bond acceptors (Lipinski definition) is 6. The van der Waals surface area contributed by atoms with Gasteiger partial charge >= 0.3 is 0 Å². The number of rotatable bonds is 6. The highest BCUT2D eigenvalue weighted by atomic mass is 35.5. The molecule has 0 saturated heterocycles. The minimum atomic E-state index is -0.143. The van der Waals surface area contributed by atoms with Crippen LogP contribution in [0.2, 0.25) is 5.02 Å². The third-order valence-electron chi connectivity index (χ3n) is 4.81. The maximum Gasteiger partial charge on any atom is 0.234 e. The summed E-state index contributed by atoms with van der Waals surface area (Å²) in [5.74, 6) is 0.732. The molecule has 0 aliphatic rings. The summed E-state index contributed by atoms with van der Waals surface area (Å²) in [4.78, 5) is 12.4. The summed E-state index contributed by atoms with van der Waals surface area (Å²) in [5, 5.41) is 17.4. The van der Waals surface area contributed by atoms with Crippen LogP contribution in [0.15, 0.2) is 72.1 Å². The zero-order valence-corrected chi connectivity index (χ0v) is 18.5. The van der Waals surface area contributed by atoms with Crippen molar-refractivity contribution < 1.29 is 9.53 Å². The number of benzene rings is 2. The van der Waals surface area contributed by atoms with E-state index in [2.05, 4.69) is 20.6 Å². The van der Waals surface area contributed by atoms with Crippen molar-refractivity contribution in [3.05, 3.63) is 72.0 Å². The Morgan fingerprint density at radius 2 is 1.97 bits per heavy atom. The van der Waals surface area contributed by atoms with E-state index in [0.717, 1.165) is 16.8 Å². The summed E-state index contributed by atoms with van der Waals surface area (Å²) in [7, 11) is 1.59. The van der Waals surface area contributed by atoms with Crippen molar-refractivity contribution in [3.63, 3.8) is 0 Å². The van der Waals surface area contributed by atoms with Crippen LogP contribution in [0.3, 0.4) is 0 Å². The van der Waals surface area contributed by atoms with Crippen LogP contribution in [0, 0.1) is 0 Å². The van der Waals surface area contributed by atoms with E-state index in [1.165, 1.54) is 11.8 Å². The van der Waals surface area contributed by atoms with Crippen molar-refractivity contribution in [2.24, 2.45) is 0 Å². The number of ether oxygens (including phenoxy) is 1. The summed E-state index contributed by atoms with van der Waals surface area (Å²) < 4.78 is 8.80. The van der Waals surface area contributed by atoms with E-state index in [-0.39, 0.29) is 11.7 Å². The first kappa shape index (κ1) is 20.3. The quantitative estimate of drug-likeness (QED) is 0.374. The van der Waals surface area contributed by atoms with E-state index < -0.39 is 0 Å². The number of nitrogens with one attached hydrogen (secondary N) is 1. The van der Waals surface area contributed by atoms with E-state index in [1.807, 2.05) is 65.3 Å². The molecule has 160 valence electrons. The maximum atomic E-state index is 12.4. The number of aromatic nitrogens is 5. The van der Waals surface area contributed by atoms with Gasteiger partial charge in [0.1, 0.15) is 11.3 Å². The standard InChI is InChI=1S/C22H17ClN6O2S/c1-31-17-4-2-3-16(11-17)24-20(30)13-32-22-26-25-21-19-12-18(14-5-7-15(23)8-6-14)27-29(19)10-9-28(21)22/h2-12H,13H2,1H3,(H,24,30). The molecule has 0 aliphatic heterocycles. The molecule has 0 radical (unpaired) electrons. The number of halogens is 1. The minimum absolute atomic E-state index is 0.143. The Morgan fingerprint density at radius 1 is 1.12 bits per heavy atom. The molecule has 3 heterocycles. The number of fused-ring (bicyclic) bond motifs is 3. The molecule has 0 aliphatic carbocycles. The maximum absolute atomic E-state index is 12.4. The average molecular weight is 465 g/mol. The molecule has 0 saturated carbocycles. The number of amides is 1. The van der Waals surface area contributed by atoms with E-state index in [1.54, 1.807) is 17.7 Å². The third-order valence-corrected chi connectivity index (χ3v) is 6.01. The molecule has 32 heavy (non-hydrogen) atoms. The first-order chi connectivity index (χ1) is 15.6. The van der Waals surface area contributed by atoms with Crippen LogP contribution < -0.4 is 10.1 Å². The predicted molar refractivity (Wildman–Crippen MR) is 125 cm³/mol. The van der Waals surface area contributed by atoms with Crippen molar-refractivity contribution in [1.82, 2.24) is 24.2 Å². The number of thioether (sulfide) groups is 1. The molecule has 0 atom stereocenters. The molecule has 5 rings (SSSR count). The molecule has 1 amide bonds. The minimum Gasteiger partial charge on any atom is -0.497 e. The van der Waals surface area contributed by atoms with Gasteiger partial charge in [-0.15, -0.1) is 10.2 Å². The molecule has 5 aromatic rings. The zero-order chi connectivity index (χ0) is 22.1. The van der Waals surface area contributed by atoms with Crippen LogP contribution in [0.5, 0.6) is 5.75 Å². The fourth-order valence-electron chi connectivity index (χ4n) is 3.28. The second-order valence-electron chi connectivity index (χ2n) is 6.91. The van der Waals surface area contributed by atoms with Gasteiger partial charge in [-0.05, 0) is 30.3 Å². The summed E-state index contributed by atoms with van der Waals surface area (Å²) in [6, 6.07) is 16.7. The van der Waals surface area contributed by atoms with Crippen LogP contribution >= 0.6 is 23.4 Å². The summed E-state index contributed by atoms with van der Waals surface area (Å²) >= 11 is 7.29. The highest BCUT2D eigenvalue weighted by Gasteiger charge is 2.14. The number of anilines is 1. The second-order valence-corrected chi connectivity index (χ2v) is 8.29. The highest BCUT2D eigenvalue weighted by Crippen LogP contribution is 2.25. The first-order valence-corrected chi connectivity index (χ1v) is 11.0. The molecule has 10 heteroatoms. The summed E-state index contributed by atoms with van der Waals surface area (Å²) in [6.07, 6.45) is 3.68. The number of carbonyl (C=O) groups excluding carboxylic acids is 1. The van der Waals surface area contributed by atoms with Crippen molar-refractivity contribution in [2.75, 3.05) is 18.2 Å². The Morgan fingerprint density at radius 3 is 2.78 bits per heavy atom. The van der Waals surface area contributed by atoms with Gasteiger partial charge < -0.3 is 10.1 Å². The molecule has 1 N–H and O–H groups in total. The molecule has 2 aromatic carbocycles. The topological polar surface area (TPSA) is 85.8 Å². The van der Waals surface area contributed by atoms with Crippen molar-refractivity contribution >= 4 is 46.1 Å². The van der Waals surface area contributed by atoms with Crippen molar-refractivity contribution in [1.29, 1.82) is 0 Å². The molecule has 0 bridgehead atoms. The summed E-state index contributed by atoms with van der Waals surface area (Å²) in [6.45, 7) is 0. The molecule has 0 fully saturated rings. The number of carbonyl (C=O) groups is 1. The molecule has 8 nitrogen and oxygen atoms in total. The first-order valence-electron chi connectivity index (χ1n) is 9.66. The molecule has 0 spiro atoms. The van der Waals surface area contributed by atoms with Crippen LogP contribution in [-0.2, 0) is 4.79 Å². The van der Waals surface area contributed by atoms with Gasteiger partial charge in [-0.2, -0.15) is 5.10 Å². The van der Waals surface area contributed by atoms with Gasteiger partial charge in [0.05, 0.1) is 18.6 Å². The van der Waals surface area contributed by atoms with Crippen molar-refractivity contribution in [2.45, 2.75) is 5.16 Å². The van der Waals surface area contributed by atoms with Gasteiger partial charge in [0.2, 0.25) is 5.91 Å². The smallest absolute Gasteiger partial charge is 0.234 e. The van der Waals surface area contributed by atoms with E-state index in [0.29, 0.717) is 27.3 Å². The highest BCUT2D eigenvalue weighted by molar-refractivity contribution is 7.99. The third kappa shape index (κ3) is 4.00. The van der Waals surface area contributed by atoms with Gasteiger partial charge in [0.15, 0.2) is 10.8 Å². The lowest BCUT2D eigenvalue weighted by atomic mass is 10.1. The van der Waals surface area contributed by atoms with Crippen LogP contribution in [0.4, 0.5) is 5.69 Å². The fraction of sp³-hybridized carbons (Fsp3) is 0.0909.